The van der Waals surface area contributed by atoms with E-state index in [1.165, 1.54) is 4.52 Å². The summed E-state index contributed by atoms with van der Waals surface area (Å²) >= 11 is 0. The van der Waals surface area contributed by atoms with Crippen molar-refractivity contribution < 1.29 is 9.53 Å². The minimum Gasteiger partial charge on any atom is -0.497 e. The first-order valence-electron chi connectivity index (χ1n) is 11.0. The number of ether oxygens (including phenoxy) is 1. The van der Waals surface area contributed by atoms with Crippen LogP contribution in [0, 0.1) is 0 Å². The molecule has 0 saturated carbocycles. The maximum atomic E-state index is 13.1. The third kappa shape index (κ3) is 3.95. The average molecular weight is 444 g/mol. The molecule has 0 aliphatic carbocycles. The summed E-state index contributed by atoms with van der Waals surface area (Å²) in [6.07, 6.45) is 1.36. The molecule has 4 aromatic rings. The first kappa shape index (κ1) is 20.8. The number of anilines is 1. The van der Waals surface area contributed by atoms with Gasteiger partial charge in [-0.3, -0.25) is 9.89 Å². The highest BCUT2D eigenvalue weighted by Crippen LogP contribution is 2.23. The SMILES string of the molecule is CCc1cccc(NC(=O)N2CCc3c(nc4cc(-c5ccc(OC)cc5)[nH]n4c3=O)C2)c1. The Morgan fingerprint density at radius 1 is 1.18 bits per heavy atom. The van der Waals surface area contributed by atoms with Crippen LogP contribution in [0.2, 0.25) is 0 Å². The fourth-order valence-electron chi connectivity index (χ4n) is 4.16. The van der Waals surface area contributed by atoms with Crippen LogP contribution in [0.1, 0.15) is 23.7 Å². The Bertz CT molecular complexity index is 1390. The van der Waals surface area contributed by atoms with Crippen LogP contribution in [-0.2, 0) is 19.4 Å². The van der Waals surface area contributed by atoms with E-state index in [4.69, 9.17) is 9.72 Å². The van der Waals surface area contributed by atoms with Crippen molar-refractivity contribution in [3.05, 3.63) is 81.8 Å². The molecule has 0 unspecified atom stereocenters. The number of fused-ring (bicyclic) bond motifs is 2. The molecule has 0 fully saturated rings. The second kappa shape index (κ2) is 8.46. The topological polar surface area (TPSA) is 91.7 Å². The maximum Gasteiger partial charge on any atom is 0.322 e. The van der Waals surface area contributed by atoms with E-state index in [1.807, 2.05) is 54.6 Å². The van der Waals surface area contributed by atoms with Crippen LogP contribution in [0.4, 0.5) is 10.5 Å². The Hall–Kier alpha value is -4.07. The molecule has 1 aliphatic rings. The number of nitrogens with one attached hydrogen (secondary N) is 2. The van der Waals surface area contributed by atoms with Crippen molar-refractivity contribution in [3.8, 4) is 17.0 Å². The summed E-state index contributed by atoms with van der Waals surface area (Å²) in [6, 6.07) is 17.1. The van der Waals surface area contributed by atoms with E-state index in [2.05, 4.69) is 17.3 Å². The van der Waals surface area contributed by atoms with Crippen molar-refractivity contribution in [2.24, 2.45) is 0 Å². The zero-order chi connectivity index (χ0) is 22.9. The van der Waals surface area contributed by atoms with Gasteiger partial charge in [0.2, 0.25) is 0 Å². The summed E-state index contributed by atoms with van der Waals surface area (Å²) in [7, 11) is 1.62. The van der Waals surface area contributed by atoms with Gasteiger partial charge in [0.15, 0.2) is 5.65 Å². The molecule has 1 aliphatic heterocycles. The number of hydrogen-bond donors (Lipinski definition) is 2. The van der Waals surface area contributed by atoms with Crippen LogP contribution in [-0.4, -0.2) is 39.2 Å². The fraction of sp³-hybridized carbons (Fsp3) is 0.240. The van der Waals surface area contributed by atoms with Crippen LogP contribution < -0.4 is 15.6 Å². The molecular formula is C25H25N5O3. The molecule has 2 aromatic carbocycles. The van der Waals surface area contributed by atoms with Crippen LogP contribution in [0.3, 0.4) is 0 Å². The van der Waals surface area contributed by atoms with E-state index in [-0.39, 0.29) is 11.6 Å². The van der Waals surface area contributed by atoms with Crippen molar-refractivity contribution in [1.29, 1.82) is 0 Å². The molecule has 8 heteroatoms. The highest BCUT2D eigenvalue weighted by molar-refractivity contribution is 5.89. The summed E-state index contributed by atoms with van der Waals surface area (Å²) in [5, 5.41) is 6.12. The molecule has 8 nitrogen and oxygen atoms in total. The Morgan fingerprint density at radius 2 is 2.00 bits per heavy atom. The summed E-state index contributed by atoms with van der Waals surface area (Å²) in [5.74, 6) is 0.764. The van der Waals surface area contributed by atoms with Gasteiger partial charge in [0.25, 0.3) is 5.56 Å². The first-order valence-corrected chi connectivity index (χ1v) is 11.0. The Balaban J connectivity index is 1.40. The van der Waals surface area contributed by atoms with Crippen molar-refractivity contribution in [3.63, 3.8) is 0 Å². The first-order chi connectivity index (χ1) is 16.1. The number of aryl methyl sites for hydroxylation is 1. The van der Waals surface area contributed by atoms with Gasteiger partial charge in [0.05, 0.1) is 25.0 Å². The predicted octanol–water partition coefficient (Wildman–Crippen LogP) is 3.85. The lowest BCUT2D eigenvalue weighted by Crippen LogP contribution is -2.41. The molecule has 2 aromatic heterocycles. The number of H-pyrrole nitrogens is 1. The minimum atomic E-state index is -0.191. The van der Waals surface area contributed by atoms with Gasteiger partial charge >= 0.3 is 6.03 Å². The Labute approximate surface area is 190 Å². The van der Waals surface area contributed by atoms with Crippen molar-refractivity contribution >= 4 is 17.4 Å². The average Bonchev–Trinajstić information content (AvgIpc) is 3.28. The molecule has 0 atom stereocenters. The van der Waals surface area contributed by atoms with Gasteiger partial charge in [0.1, 0.15) is 5.75 Å². The molecule has 0 bridgehead atoms. The highest BCUT2D eigenvalue weighted by atomic mass is 16.5. The molecule has 5 rings (SSSR count). The number of aromatic amines is 1. The number of urea groups is 1. The number of carbonyl (C=O) groups is 1. The van der Waals surface area contributed by atoms with E-state index in [1.54, 1.807) is 12.0 Å². The number of aromatic nitrogens is 3. The van der Waals surface area contributed by atoms with Crippen molar-refractivity contribution in [2.75, 3.05) is 19.0 Å². The molecule has 33 heavy (non-hydrogen) atoms. The standard InChI is InChI=1S/C25H25N5O3/c1-3-16-5-4-6-18(13-16)26-25(32)29-12-11-20-22(15-29)27-23-14-21(28-30(23)24(20)31)17-7-9-19(33-2)10-8-17/h4-10,13-14,28H,3,11-12,15H2,1-2H3,(H,26,32). The number of nitrogens with zero attached hydrogens (tertiary/aromatic N) is 3. The summed E-state index contributed by atoms with van der Waals surface area (Å²) < 4.78 is 6.69. The summed E-state index contributed by atoms with van der Waals surface area (Å²) in [5.41, 5.74) is 5.34. The van der Waals surface area contributed by atoms with Crippen molar-refractivity contribution in [2.45, 2.75) is 26.3 Å². The lowest BCUT2D eigenvalue weighted by molar-refractivity contribution is 0.205. The maximum absolute atomic E-state index is 13.1. The lowest BCUT2D eigenvalue weighted by Gasteiger charge is -2.27. The molecule has 0 radical (unpaired) electrons. The highest BCUT2D eigenvalue weighted by Gasteiger charge is 2.25. The predicted molar refractivity (Wildman–Crippen MR) is 127 cm³/mol. The van der Waals surface area contributed by atoms with E-state index in [0.29, 0.717) is 36.4 Å². The molecule has 2 amide bonds. The van der Waals surface area contributed by atoms with Crippen LogP contribution in [0.15, 0.2) is 59.4 Å². The van der Waals surface area contributed by atoms with Gasteiger partial charge in [0, 0.05) is 23.9 Å². The van der Waals surface area contributed by atoms with E-state index < -0.39 is 0 Å². The molecule has 0 spiro atoms. The van der Waals surface area contributed by atoms with Gasteiger partial charge in [-0.15, -0.1) is 0 Å². The second-order valence-electron chi connectivity index (χ2n) is 8.09. The molecule has 3 heterocycles. The number of benzene rings is 2. The minimum absolute atomic E-state index is 0.120. The van der Waals surface area contributed by atoms with Crippen molar-refractivity contribution in [1.82, 2.24) is 19.5 Å². The largest absolute Gasteiger partial charge is 0.497 e. The quantitative estimate of drug-likeness (QED) is 0.501. The van der Waals surface area contributed by atoms with Gasteiger partial charge in [-0.05, 0) is 60.4 Å². The Kier molecular flexibility index (Phi) is 5.34. The van der Waals surface area contributed by atoms with Gasteiger partial charge in [-0.25, -0.2) is 14.3 Å². The number of rotatable bonds is 4. The fourth-order valence-corrected chi connectivity index (χ4v) is 4.16. The molecule has 168 valence electrons. The zero-order valence-corrected chi connectivity index (χ0v) is 18.6. The third-order valence-corrected chi connectivity index (χ3v) is 6.04. The lowest BCUT2D eigenvalue weighted by atomic mass is 10.1. The van der Waals surface area contributed by atoms with E-state index >= 15 is 0 Å². The number of hydrogen-bond acceptors (Lipinski definition) is 4. The van der Waals surface area contributed by atoms with Gasteiger partial charge in [-0.2, -0.15) is 0 Å². The van der Waals surface area contributed by atoms with Gasteiger partial charge in [-0.1, -0.05) is 19.1 Å². The van der Waals surface area contributed by atoms with E-state index in [9.17, 15) is 9.59 Å². The van der Waals surface area contributed by atoms with Crippen LogP contribution in [0.5, 0.6) is 5.75 Å². The second-order valence-corrected chi connectivity index (χ2v) is 8.09. The summed E-state index contributed by atoms with van der Waals surface area (Å²) in [4.78, 5) is 32.4. The van der Waals surface area contributed by atoms with Crippen LogP contribution in [0.25, 0.3) is 16.9 Å². The van der Waals surface area contributed by atoms with Gasteiger partial charge < -0.3 is 15.0 Å². The number of amides is 2. The monoisotopic (exact) mass is 443 g/mol. The van der Waals surface area contributed by atoms with Crippen LogP contribution >= 0.6 is 0 Å². The summed E-state index contributed by atoms with van der Waals surface area (Å²) in [6.45, 7) is 2.83. The third-order valence-electron chi connectivity index (χ3n) is 6.04. The smallest absolute Gasteiger partial charge is 0.322 e. The molecule has 0 saturated heterocycles. The van der Waals surface area contributed by atoms with E-state index in [0.717, 1.165) is 34.7 Å². The number of carbonyl (C=O) groups excluding carboxylic acids is 1. The molecule has 2 N–H and O–H groups in total. The number of methoxy groups -OCH3 is 1. The zero-order valence-electron chi connectivity index (χ0n) is 18.6. The molecular weight excluding hydrogens is 418 g/mol. The Morgan fingerprint density at radius 3 is 2.76 bits per heavy atom. The normalized spacial score (nSPS) is 13.1.